The molecule has 0 unspecified atom stereocenters. The first-order valence-corrected chi connectivity index (χ1v) is 9.85. The summed E-state index contributed by atoms with van der Waals surface area (Å²) >= 11 is 0. The predicted molar refractivity (Wildman–Crippen MR) is 105 cm³/mol. The van der Waals surface area contributed by atoms with Crippen LogP contribution in [-0.2, 0) is 30.5 Å². The van der Waals surface area contributed by atoms with Crippen molar-refractivity contribution in [3.63, 3.8) is 0 Å². The molecule has 0 saturated carbocycles. The maximum Gasteiger partial charge on any atom is 0.329 e. The van der Waals surface area contributed by atoms with E-state index in [-0.39, 0.29) is 11.8 Å². The lowest BCUT2D eigenvalue weighted by Gasteiger charge is -2.23. The monoisotopic (exact) mass is 398 g/mol. The standard InChI is InChI=1S/C22H26N2O5/c1-13-8-10-16(11-9-13)12-23-19(25)15(3)29-22(28)14(2)24-20(26)17-6-4-5-7-18(17)21(24)27/h4-5,8-11,14-15,17-18H,6-7,12H2,1-3H3,(H,23,25)/t14-,15-,17-,18-/m0/s1. The van der Waals surface area contributed by atoms with Gasteiger partial charge in [-0.2, -0.15) is 0 Å². The number of rotatable bonds is 6. The molecule has 1 aliphatic carbocycles. The summed E-state index contributed by atoms with van der Waals surface area (Å²) in [6.45, 7) is 5.22. The first-order valence-electron chi connectivity index (χ1n) is 9.85. The van der Waals surface area contributed by atoms with Crippen LogP contribution in [0.15, 0.2) is 36.4 Å². The number of benzene rings is 1. The molecule has 0 aromatic heterocycles. The third-order valence-electron chi connectivity index (χ3n) is 5.52. The maximum atomic E-state index is 12.6. The maximum absolute atomic E-state index is 12.6. The number of esters is 1. The Morgan fingerprint density at radius 3 is 2.17 bits per heavy atom. The van der Waals surface area contributed by atoms with Crippen molar-refractivity contribution in [3.05, 3.63) is 47.5 Å². The molecule has 1 N–H and O–H groups in total. The molecular formula is C22H26N2O5. The summed E-state index contributed by atoms with van der Waals surface area (Å²) in [5.74, 6) is -2.70. The van der Waals surface area contributed by atoms with Crippen molar-refractivity contribution < 1.29 is 23.9 Å². The molecule has 3 amide bonds. The molecule has 4 atom stereocenters. The number of allylic oxidation sites excluding steroid dienone is 2. The average molecular weight is 398 g/mol. The van der Waals surface area contributed by atoms with Crippen LogP contribution < -0.4 is 5.32 Å². The number of hydrogen-bond donors (Lipinski definition) is 1. The number of carbonyl (C=O) groups excluding carboxylic acids is 4. The zero-order valence-corrected chi connectivity index (χ0v) is 16.9. The summed E-state index contributed by atoms with van der Waals surface area (Å²) in [5, 5.41) is 2.72. The summed E-state index contributed by atoms with van der Waals surface area (Å²) in [4.78, 5) is 50.9. The van der Waals surface area contributed by atoms with E-state index in [1.807, 2.05) is 43.3 Å². The molecule has 154 valence electrons. The van der Waals surface area contributed by atoms with Gasteiger partial charge in [0.15, 0.2) is 6.10 Å². The highest BCUT2D eigenvalue weighted by Crippen LogP contribution is 2.36. The molecule has 1 fully saturated rings. The number of nitrogens with one attached hydrogen (secondary N) is 1. The average Bonchev–Trinajstić information content (AvgIpc) is 2.97. The summed E-state index contributed by atoms with van der Waals surface area (Å²) in [6, 6.07) is 6.65. The van der Waals surface area contributed by atoms with Gasteiger partial charge in [-0.05, 0) is 39.2 Å². The molecule has 1 saturated heterocycles. The predicted octanol–water partition coefficient (Wildman–Crippen LogP) is 1.88. The number of imide groups is 1. The Labute approximate surface area is 170 Å². The smallest absolute Gasteiger partial charge is 0.329 e. The zero-order valence-electron chi connectivity index (χ0n) is 16.9. The van der Waals surface area contributed by atoms with Crippen molar-refractivity contribution in [3.8, 4) is 0 Å². The molecule has 3 rings (SSSR count). The van der Waals surface area contributed by atoms with Crippen molar-refractivity contribution >= 4 is 23.7 Å². The molecule has 2 aliphatic rings. The second kappa shape index (κ2) is 8.59. The number of hydrogen-bond acceptors (Lipinski definition) is 5. The normalized spacial score (nSPS) is 22.8. The Hall–Kier alpha value is -2.96. The van der Waals surface area contributed by atoms with Crippen LogP contribution in [-0.4, -0.2) is 40.7 Å². The lowest BCUT2D eigenvalue weighted by Crippen LogP contribution is -2.46. The molecule has 0 spiro atoms. The van der Waals surface area contributed by atoms with Gasteiger partial charge in [0.25, 0.3) is 5.91 Å². The van der Waals surface area contributed by atoms with E-state index < -0.39 is 35.9 Å². The number of fused-ring (bicyclic) bond motifs is 1. The fraction of sp³-hybridized carbons (Fsp3) is 0.455. The van der Waals surface area contributed by atoms with E-state index in [0.29, 0.717) is 19.4 Å². The van der Waals surface area contributed by atoms with Gasteiger partial charge >= 0.3 is 5.97 Å². The Kier molecular flexibility index (Phi) is 6.15. The van der Waals surface area contributed by atoms with Gasteiger partial charge in [-0.15, -0.1) is 0 Å². The molecule has 1 heterocycles. The highest BCUT2D eigenvalue weighted by molar-refractivity contribution is 6.08. The fourth-order valence-electron chi connectivity index (χ4n) is 3.68. The molecule has 1 aromatic carbocycles. The number of aryl methyl sites for hydroxylation is 1. The minimum atomic E-state index is -1.06. The Morgan fingerprint density at radius 2 is 1.62 bits per heavy atom. The lowest BCUT2D eigenvalue weighted by atomic mass is 9.85. The second-order valence-corrected chi connectivity index (χ2v) is 7.66. The highest BCUT2D eigenvalue weighted by atomic mass is 16.5. The number of ether oxygens (including phenoxy) is 1. The van der Waals surface area contributed by atoms with Gasteiger partial charge in [0.2, 0.25) is 11.8 Å². The number of amides is 3. The van der Waals surface area contributed by atoms with Crippen LogP contribution in [0.1, 0.15) is 37.8 Å². The molecule has 0 bridgehead atoms. The van der Waals surface area contributed by atoms with Crippen molar-refractivity contribution in [1.29, 1.82) is 0 Å². The van der Waals surface area contributed by atoms with Crippen LogP contribution >= 0.6 is 0 Å². The van der Waals surface area contributed by atoms with Gasteiger partial charge in [-0.25, -0.2) is 4.79 Å². The molecular weight excluding hydrogens is 372 g/mol. The zero-order chi connectivity index (χ0) is 21.1. The van der Waals surface area contributed by atoms with Crippen molar-refractivity contribution in [2.45, 2.75) is 52.3 Å². The Morgan fingerprint density at radius 1 is 1.07 bits per heavy atom. The van der Waals surface area contributed by atoms with Crippen molar-refractivity contribution in [1.82, 2.24) is 10.2 Å². The lowest BCUT2D eigenvalue weighted by molar-refractivity contribution is -0.164. The molecule has 1 aliphatic heterocycles. The molecule has 7 nitrogen and oxygen atoms in total. The first-order chi connectivity index (χ1) is 13.8. The third kappa shape index (κ3) is 4.39. The van der Waals surface area contributed by atoms with E-state index >= 15 is 0 Å². The second-order valence-electron chi connectivity index (χ2n) is 7.66. The number of likely N-dealkylation sites (tertiary alicyclic amines) is 1. The van der Waals surface area contributed by atoms with Crippen molar-refractivity contribution in [2.75, 3.05) is 0 Å². The first kappa shape index (κ1) is 20.8. The number of carbonyl (C=O) groups is 4. The van der Waals surface area contributed by atoms with E-state index in [9.17, 15) is 19.2 Å². The minimum Gasteiger partial charge on any atom is -0.451 e. The Bertz CT molecular complexity index is 819. The topological polar surface area (TPSA) is 92.8 Å². The summed E-state index contributed by atoms with van der Waals surface area (Å²) in [7, 11) is 0. The van der Waals surface area contributed by atoms with Crippen LogP contribution in [0.4, 0.5) is 0 Å². The molecule has 0 radical (unpaired) electrons. The van der Waals surface area contributed by atoms with Gasteiger partial charge in [0, 0.05) is 6.54 Å². The summed E-state index contributed by atoms with van der Waals surface area (Å²) < 4.78 is 5.23. The van der Waals surface area contributed by atoms with Gasteiger partial charge in [0.1, 0.15) is 6.04 Å². The third-order valence-corrected chi connectivity index (χ3v) is 5.52. The highest BCUT2D eigenvalue weighted by Gasteiger charge is 2.50. The molecule has 1 aromatic rings. The number of nitrogens with zero attached hydrogens (tertiary/aromatic N) is 1. The van der Waals surface area contributed by atoms with Crippen LogP contribution in [0.5, 0.6) is 0 Å². The van der Waals surface area contributed by atoms with E-state index in [1.165, 1.54) is 13.8 Å². The SMILES string of the molecule is Cc1ccc(CNC(=O)[C@H](C)OC(=O)[C@H](C)N2C(=O)[C@H]3CC=CC[C@@H]3C2=O)cc1. The van der Waals surface area contributed by atoms with Gasteiger partial charge in [-0.3, -0.25) is 19.3 Å². The minimum absolute atomic E-state index is 0.315. The summed E-state index contributed by atoms with van der Waals surface area (Å²) in [5.41, 5.74) is 2.05. The molecule has 7 heteroatoms. The van der Waals surface area contributed by atoms with E-state index in [1.54, 1.807) is 0 Å². The van der Waals surface area contributed by atoms with E-state index in [0.717, 1.165) is 16.0 Å². The quantitative estimate of drug-likeness (QED) is 0.449. The van der Waals surface area contributed by atoms with Crippen LogP contribution in [0.3, 0.4) is 0 Å². The van der Waals surface area contributed by atoms with E-state index in [4.69, 9.17) is 4.74 Å². The van der Waals surface area contributed by atoms with E-state index in [2.05, 4.69) is 5.32 Å². The Balaban J connectivity index is 1.54. The van der Waals surface area contributed by atoms with Gasteiger partial charge < -0.3 is 10.1 Å². The van der Waals surface area contributed by atoms with Crippen LogP contribution in [0, 0.1) is 18.8 Å². The molecule has 29 heavy (non-hydrogen) atoms. The summed E-state index contributed by atoms with van der Waals surface area (Å²) in [6.07, 6.45) is 3.75. The van der Waals surface area contributed by atoms with Gasteiger partial charge in [-0.1, -0.05) is 42.0 Å². The van der Waals surface area contributed by atoms with Crippen LogP contribution in [0.25, 0.3) is 0 Å². The van der Waals surface area contributed by atoms with Crippen LogP contribution in [0.2, 0.25) is 0 Å². The fourth-order valence-corrected chi connectivity index (χ4v) is 3.68. The van der Waals surface area contributed by atoms with Crippen molar-refractivity contribution in [2.24, 2.45) is 11.8 Å². The largest absolute Gasteiger partial charge is 0.451 e. The van der Waals surface area contributed by atoms with Gasteiger partial charge in [0.05, 0.1) is 11.8 Å².